The first kappa shape index (κ1) is 17.8. The Morgan fingerprint density at radius 1 is 1.12 bits per heavy atom. The number of rotatable bonds is 7. The van der Waals surface area contributed by atoms with Gasteiger partial charge < -0.3 is 10.6 Å². The zero-order chi connectivity index (χ0) is 17.6. The van der Waals surface area contributed by atoms with Crippen LogP contribution in [0.25, 0.3) is 0 Å². The lowest BCUT2D eigenvalue weighted by Gasteiger charge is -2.09. The van der Waals surface area contributed by atoms with Crippen LogP contribution in [0.3, 0.4) is 0 Å². The molecule has 0 aromatic heterocycles. The maximum absolute atomic E-state index is 12.0. The Morgan fingerprint density at radius 2 is 1.88 bits per heavy atom. The van der Waals surface area contributed by atoms with Crippen molar-refractivity contribution in [3.63, 3.8) is 0 Å². The molecule has 0 spiro atoms. The van der Waals surface area contributed by atoms with Gasteiger partial charge >= 0.3 is 0 Å². The van der Waals surface area contributed by atoms with Crippen molar-refractivity contribution in [2.75, 3.05) is 11.1 Å². The van der Waals surface area contributed by atoms with Gasteiger partial charge in [-0.05, 0) is 43.2 Å². The molecule has 1 aliphatic rings. The summed E-state index contributed by atoms with van der Waals surface area (Å²) in [4.78, 5) is 25.2. The lowest BCUT2D eigenvalue weighted by atomic mass is 10.2. The van der Waals surface area contributed by atoms with E-state index in [2.05, 4.69) is 10.6 Å². The molecular weight excluding hydrogens is 356 g/mol. The van der Waals surface area contributed by atoms with Gasteiger partial charge in [-0.25, -0.2) is 0 Å². The van der Waals surface area contributed by atoms with Crippen LogP contribution in [0.5, 0.6) is 0 Å². The van der Waals surface area contributed by atoms with Crippen molar-refractivity contribution in [3.8, 4) is 0 Å². The quantitative estimate of drug-likeness (QED) is 0.708. The van der Waals surface area contributed by atoms with Gasteiger partial charge in [0.15, 0.2) is 0 Å². The van der Waals surface area contributed by atoms with Gasteiger partial charge in [-0.15, -0.1) is 11.8 Å². The van der Waals surface area contributed by atoms with E-state index < -0.39 is 0 Å². The summed E-state index contributed by atoms with van der Waals surface area (Å²) in [6.45, 7) is 0. The van der Waals surface area contributed by atoms with Crippen LogP contribution >= 0.6 is 23.4 Å². The Labute approximate surface area is 156 Å². The predicted molar refractivity (Wildman–Crippen MR) is 102 cm³/mol. The van der Waals surface area contributed by atoms with Crippen LogP contribution in [0, 0.1) is 0 Å². The summed E-state index contributed by atoms with van der Waals surface area (Å²) < 4.78 is 0. The molecule has 0 radical (unpaired) electrons. The average Bonchev–Trinajstić information content (AvgIpc) is 3.40. The molecule has 2 aromatic carbocycles. The molecule has 1 aliphatic carbocycles. The molecule has 2 amide bonds. The molecular formula is C19H19ClN2O2S. The smallest absolute Gasteiger partial charge is 0.253 e. The van der Waals surface area contributed by atoms with Crippen molar-refractivity contribution in [3.05, 3.63) is 59.1 Å². The lowest BCUT2D eigenvalue weighted by molar-refractivity contribution is -0.115. The van der Waals surface area contributed by atoms with Crippen LogP contribution < -0.4 is 10.6 Å². The Hall–Kier alpha value is -1.98. The first-order valence-corrected chi connectivity index (χ1v) is 9.56. The number of nitrogens with one attached hydrogen (secondary N) is 2. The van der Waals surface area contributed by atoms with E-state index in [1.165, 1.54) is 0 Å². The number of thioether (sulfide) groups is 1. The van der Waals surface area contributed by atoms with Gasteiger partial charge in [0, 0.05) is 28.8 Å². The summed E-state index contributed by atoms with van der Waals surface area (Å²) in [6, 6.07) is 15.2. The number of carbonyl (C=O) groups excluding carboxylic acids is 2. The van der Waals surface area contributed by atoms with Crippen molar-refractivity contribution in [2.24, 2.45) is 0 Å². The minimum absolute atomic E-state index is 0.0744. The molecule has 6 heteroatoms. The third-order valence-electron chi connectivity index (χ3n) is 3.75. The first-order chi connectivity index (χ1) is 12.1. The molecule has 130 valence electrons. The van der Waals surface area contributed by atoms with Crippen LogP contribution in [-0.2, 0) is 4.79 Å². The van der Waals surface area contributed by atoms with Crippen LogP contribution in [0.1, 0.15) is 29.6 Å². The predicted octanol–water partition coefficient (Wildman–Crippen LogP) is 4.35. The summed E-state index contributed by atoms with van der Waals surface area (Å²) in [5.41, 5.74) is 1.04. The summed E-state index contributed by atoms with van der Waals surface area (Å²) in [5.74, 6) is 0.463. The molecule has 1 saturated carbocycles. The Bertz CT molecular complexity index is 763. The van der Waals surface area contributed by atoms with Crippen LogP contribution in [0.4, 0.5) is 5.69 Å². The summed E-state index contributed by atoms with van der Waals surface area (Å²) in [7, 11) is 0. The van der Waals surface area contributed by atoms with Gasteiger partial charge in [-0.1, -0.05) is 29.8 Å². The zero-order valence-corrected chi connectivity index (χ0v) is 15.2. The number of benzene rings is 2. The molecule has 0 aliphatic heterocycles. The third kappa shape index (κ3) is 5.51. The Kier molecular flexibility index (Phi) is 6.00. The summed E-state index contributed by atoms with van der Waals surface area (Å²) in [5, 5.41) is 6.06. The molecule has 3 rings (SSSR count). The van der Waals surface area contributed by atoms with Crippen LogP contribution in [0.2, 0.25) is 5.02 Å². The van der Waals surface area contributed by atoms with Gasteiger partial charge in [0.05, 0.1) is 10.6 Å². The fourth-order valence-electron chi connectivity index (χ4n) is 2.27. The number of carbonyl (C=O) groups is 2. The number of amides is 2. The number of anilines is 1. The highest BCUT2D eigenvalue weighted by Gasteiger charge is 2.24. The average molecular weight is 375 g/mol. The Balaban J connectivity index is 1.49. The zero-order valence-electron chi connectivity index (χ0n) is 13.6. The molecule has 0 bridgehead atoms. The second-order valence-electron chi connectivity index (χ2n) is 5.90. The van der Waals surface area contributed by atoms with Crippen molar-refractivity contribution in [1.82, 2.24) is 5.32 Å². The number of halogens is 1. The first-order valence-electron chi connectivity index (χ1n) is 8.20. The maximum atomic E-state index is 12.0. The molecule has 0 heterocycles. The fraction of sp³-hybridized carbons (Fsp3) is 0.263. The van der Waals surface area contributed by atoms with E-state index in [-0.39, 0.29) is 17.9 Å². The van der Waals surface area contributed by atoms with E-state index in [1.807, 2.05) is 30.3 Å². The van der Waals surface area contributed by atoms with Crippen molar-refractivity contribution in [2.45, 2.75) is 30.2 Å². The molecule has 25 heavy (non-hydrogen) atoms. The minimum atomic E-state index is -0.162. The standard InChI is InChI=1S/C19H19ClN2O2S/c20-17-12-14(8-9-16(17)19(24)22-13-6-7-13)21-18(23)10-11-25-15-4-2-1-3-5-15/h1-5,8-9,12-13H,6-7,10-11H2,(H,21,23)(H,22,24). The highest BCUT2D eigenvalue weighted by atomic mass is 35.5. The van der Waals surface area contributed by atoms with Crippen LogP contribution in [0.15, 0.2) is 53.4 Å². The highest BCUT2D eigenvalue weighted by molar-refractivity contribution is 7.99. The molecule has 4 nitrogen and oxygen atoms in total. The van der Waals surface area contributed by atoms with E-state index in [0.717, 1.165) is 17.7 Å². The molecule has 0 atom stereocenters. The van der Waals surface area contributed by atoms with Crippen molar-refractivity contribution >= 4 is 40.9 Å². The van der Waals surface area contributed by atoms with Gasteiger partial charge in [0.25, 0.3) is 5.91 Å². The van der Waals surface area contributed by atoms with Gasteiger partial charge in [-0.3, -0.25) is 9.59 Å². The highest BCUT2D eigenvalue weighted by Crippen LogP contribution is 2.24. The van der Waals surface area contributed by atoms with Crippen molar-refractivity contribution in [1.29, 1.82) is 0 Å². The number of hydrogen-bond acceptors (Lipinski definition) is 3. The second-order valence-corrected chi connectivity index (χ2v) is 7.48. The van der Waals surface area contributed by atoms with Gasteiger partial charge in [-0.2, -0.15) is 0 Å². The largest absolute Gasteiger partial charge is 0.349 e. The second kappa shape index (κ2) is 8.41. The lowest BCUT2D eigenvalue weighted by Crippen LogP contribution is -2.25. The topological polar surface area (TPSA) is 58.2 Å². The monoisotopic (exact) mass is 374 g/mol. The molecule has 2 aromatic rings. The fourth-order valence-corrected chi connectivity index (χ4v) is 3.41. The van der Waals surface area contributed by atoms with E-state index in [9.17, 15) is 9.59 Å². The third-order valence-corrected chi connectivity index (χ3v) is 5.08. The van der Waals surface area contributed by atoms with Gasteiger partial charge in [0.2, 0.25) is 5.91 Å². The van der Waals surface area contributed by atoms with E-state index >= 15 is 0 Å². The summed E-state index contributed by atoms with van der Waals surface area (Å²) in [6.07, 6.45) is 2.46. The van der Waals surface area contributed by atoms with Crippen LogP contribution in [-0.4, -0.2) is 23.6 Å². The summed E-state index contributed by atoms with van der Waals surface area (Å²) >= 11 is 7.82. The maximum Gasteiger partial charge on any atom is 0.253 e. The number of hydrogen-bond donors (Lipinski definition) is 2. The molecule has 2 N–H and O–H groups in total. The van der Waals surface area contributed by atoms with E-state index in [0.29, 0.717) is 28.4 Å². The van der Waals surface area contributed by atoms with Gasteiger partial charge in [0.1, 0.15) is 0 Å². The molecule has 0 unspecified atom stereocenters. The van der Waals surface area contributed by atoms with Crippen molar-refractivity contribution < 1.29 is 9.59 Å². The molecule has 0 saturated heterocycles. The normalized spacial score (nSPS) is 13.3. The van der Waals surface area contributed by atoms with E-state index in [1.54, 1.807) is 30.0 Å². The SMILES string of the molecule is O=C(CCSc1ccccc1)Nc1ccc(C(=O)NC2CC2)c(Cl)c1. The van der Waals surface area contributed by atoms with E-state index in [4.69, 9.17) is 11.6 Å². The Morgan fingerprint density at radius 3 is 2.56 bits per heavy atom. The minimum Gasteiger partial charge on any atom is -0.349 e. The molecule has 1 fully saturated rings.